The van der Waals surface area contributed by atoms with Gasteiger partial charge in [-0.2, -0.15) is 0 Å². The molecule has 0 aliphatic rings. The van der Waals surface area contributed by atoms with E-state index in [4.69, 9.17) is 0 Å². The molecule has 0 unspecified atom stereocenters. The van der Waals surface area contributed by atoms with Crippen LogP contribution in [-0.2, 0) is 16.0 Å². The number of benzene rings is 3. The number of para-hydroxylation sites is 1. The number of anilines is 2. The minimum atomic E-state index is -0.198. The lowest BCUT2D eigenvalue weighted by atomic mass is 10.1. The molecule has 0 saturated heterocycles. The van der Waals surface area contributed by atoms with E-state index >= 15 is 0 Å². The van der Waals surface area contributed by atoms with Crippen LogP contribution >= 0.6 is 0 Å². The molecule has 140 valence electrons. The number of hydrogen-bond acceptors (Lipinski definition) is 2. The molecule has 28 heavy (non-hydrogen) atoms. The molecule has 4 nitrogen and oxygen atoms in total. The first-order chi connectivity index (χ1) is 13.6. The van der Waals surface area contributed by atoms with Gasteiger partial charge in [0.15, 0.2) is 0 Å². The van der Waals surface area contributed by atoms with Crippen LogP contribution in [0.15, 0.2) is 91.0 Å². The zero-order valence-electron chi connectivity index (χ0n) is 15.7. The summed E-state index contributed by atoms with van der Waals surface area (Å²) in [5.74, 6) is -0.190. The van der Waals surface area contributed by atoms with Crippen molar-refractivity contribution in [2.24, 2.45) is 0 Å². The third-order valence-electron chi connectivity index (χ3n) is 4.32. The molecule has 0 aliphatic carbocycles. The van der Waals surface area contributed by atoms with Crippen molar-refractivity contribution < 1.29 is 9.59 Å². The standard InChI is InChI=1S/C24H22N2O2/c1-26(22-10-6-3-7-11-22)24(28)18-20-12-15-21(16-13-20)25-23(27)17-14-19-8-4-2-5-9-19/h2-17H,18H2,1H3,(H,25,27). The average Bonchev–Trinajstić information content (AvgIpc) is 2.74. The quantitative estimate of drug-likeness (QED) is 0.648. The first-order valence-corrected chi connectivity index (χ1v) is 9.06. The van der Waals surface area contributed by atoms with Crippen LogP contribution in [-0.4, -0.2) is 18.9 Å². The van der Waals surface area contributed by atoms with Gasteiger partial charge in [-0.25, -0.2) is 0 Å². The summed E-state index contributed by atoms with van der Waals surface area (Å²) in [6.45, 7) is 0. The summed E-state index contributed by atoms with van der Waals surface area (Å²) in [7, 11) is 1.77. The summed E-state index contributed by atoms with van der Waals surface area (Å²) in [5.41, 5.74) is 3.41. The van der Waals surface area contributed by atoms with Gasteiger partial charge in [0.05, 0.1) is 6.42 Å². The maximum atomic E-state index is 12.4. The lowest BCUT2D eigenvalue weighted by Gasteiger charge is -2.17. The number of nitrogens with one attached hydrogen (secondary N) is 1. The number of nitrogens with zero attached hydrogens (tertiary/aromatic N) is 1. The van der Waals surface area contributed by atoms with Crippen LogP contribution in [0.2, 0.25) is 0 Å². The number of amides is 2. The fourth-order valence-electron chi connectivity index (χ4n) is 2.71. The van der Waals surface area contributed by atoms with E-state index in [1.807, 2.05) is 72.8 Å². The van der Waals surface area contributed by atoms with Crippen molar-refractivity contribution in [2.75, 3.05) is 17.3 Å². The van der Waals surface area contributed by atoms with Crippen molar-refractivity contribution in [1.82, 2.24) is 0 Å². The lowest BCUT2D eigenvalue weighted by Crippen LogP contribution is -2.27. The van der Waals surface area contributed by atoms with E-state index in [9.17, 15) is 9.59 Å². The minimum Gasteiger partial charge on any atom is -0.323 e. The number of hydrogen-bond donors (Lipinski definition) is 1. The molecular formula is C24H22N2O2. The number of carbonyl (C=O) groups is 2. The van der Waals surface area contributed by atoms with Gasteiger partial charge in [-0.05, 0) is 41.5 Å². The summed E-state index contributed by atoms with van der Waals surface area (Å²) in [5, 5.41) is 2.82. The van der Waals surface area contributed by atoms with Gasteiger partial charge in [0.1, 0.15) is 0 Å². The van der Waals surface area contributed by atoms with Crippen molar-refractivity contribution in [3.05, 3.63) is 102 Å². The highest BCUT2D eigenvalue weighted by Gasteiger charge is 2.11. The topological polar surface area (TPSA) is 49.4 Å². The van der Waals surface area contributed by atoms with E-state index in [1.165, 1.54) is 6.08 Å². The normalized spacial score (nSPS) is 10.6. The molecule has 0 aliphatic heterocycles. The Morgan fingerprint density at radius 1 is 0.857 bits per heavy atom. The molecule has 3 rings (SSSR count). The van der Waals surface area contributed by atoms with Crippen LogP contribution in [0.4, 0.5) is 11.4 Å². The highest BCUT2D eigenvalue weighted by Crippen LogP contribution is 2.15. The summed E-state index contributed by atoms with van der Waals surface area (Å²) >= 11 is 0. The predicted octanol–water partition coefficient (Wildman–Crippen LogP) is 4.54. The molecule has 4 heteroatoms. The predicted molar refractivity (Wildman–Crippen MR) is 114 cm³/mol. The number of rotatable bonds is 6. The minimum absolute atomic E-state index is 0.00813. The van der Waals surface area contributed by atoms with Gasteiger partial charge in [0, 0.05) is 24.5 Å². The van der Waals surface area contributed by atoms with Crippen LogP contribution in [0.1, 0.15) is 11.1 Å². The van der Waals surface area contributed by atoms with E-state index < -0.39 is 0 Å². The van der Waals surface area contributed by atoms with Crippen molar-refractivity contribution in [1.29, 1.82) is 0 Å². The zero-order chi connectivity index (χ0) is 19.8. The molecule has 0 atom stereocenters. The Balaban J connectivity index is 1.55. The Bertz CT molecular complexity index is 949. The molecule has 3 aromatic carbocycles. The van der Waals surface area contributed by atoms with E-state index in [2.05, 4.69) is 5.32 Å². The van der Waals surface area contributed by atoms with Crippen LogP contribution in [0.5, 0.6) is 0 Å². The largest absolute Gasteiger partial charge is 0.323 e. The second-order valence-electron chi connectivity index (χ2n) is 6.40. The van der Waals surface area contributed by atoms with Crippen molar-refractivity contribution in [2.45, 2.75) is 6.42 Å². The Morgan fingerprint density at radius 3 is 2.11 bits per heavy atom. The maximum Gasteiger partial charge on any atom is 0.248 e. The van der Waals surface area contributed by atoms with Crippen LogP contribution < -0.4 is 10.2 Å². The fourth-order valence-corrected chi connectivity index (χ4v) is 2.71. The average molecular weight is 370 g/mol. The van der Waals surface area contributed by atoms with Crippen LogP contribution in [0, 0.1) is 0 Å². The van der Waals surface area contributed by atoms with Gasteiger partial charge < -0.3 is 10.2 Å². The third-order valence-corrected chi connectivity index (χ3v) is 4.32. The zero-order valence-corrected chi connectivity index (χ0v) is 15.7. The van der Waals surface area contributed by atoms with Crippen LogP contribution in [0.25, 0.3) is 6.08 Å². The van der Waals surface area contributed by atoms with Gasteiger partial charge in [-0.3, -0.25) is 9.59 Å². The lowest BCUT2D eigenvalue weighted by molar-refractivity contribution is -0.117. The summed E-state index contributed by atoms with van der Waals surface area (Å²) in [6.07, 6.45) is 3.57. The molecule has 0 fully saturated rings. The Morgan fingerprint density at radius 2 is 1.46 bits per heavy atom. The second-order valence-corrected chi connectivity index (χ2v) is 6.40. The molecule has 0 spiro atoms. The molecule has 3 aromatic rings. The molecule has 0 aromatic heterocycles. The first-order valence-electron chi connectivity index (χ1n) is 9.06. The third kappa shape index (κ3) is 5.42. The molecule has 0 saturated carbocycles. The van der Waals surface area contributed by atoms with E-state index in [1.54, 1.807) is 30.2 Å². The van der Waals surface area contributed by atoms with Gasteiger partial charge in [-0.1, -0.05) is 60.7 Å². The van der Waals surface area contributed by atoms with Gasteiger partial charge >= 0.3 is 0 Å². The highest BCUT2D eigenvalue weighted by molar-refractivity contribution is 6.02. The van der Waals surface area contributed by atoms with Gasteiger partial charge in [0.25, 0.3) is 0 Å². The van der Waals surface area contributed by atoms with Crippen molar-refractivity contribution in [3.8, 4) is 0 Å². The Labute approximate surface area is 165 Å². The smallest absolute Gasteiger partial charge is 0.248 e. The van der Waals surface area contributed by atoms with Crippen LogP contribution in [0.3, 0.4) is 0 Å². The van der Waals surface area contributed by atoms with Gasteiger partial charge in [-0.15, -0.1) is 0 Å². The number of likely N-dealkylation sites (N-methyl/N-ethyl adjacent to an activating group) is 1. The summed E-state index contributed by atoms with van der Waals surface area (Å²) in [6, 6.07) is 26.5. The fraction of sp³-hybridized carbons (Fsp3) is 0.0833. The Kier molecular flexibility index (Phi) is 6.37. The van der Waals surface area contributed by atoms with Gasteiger partial charge in [0.2, 0.25) is 11.8 Å². The first kappa shape index (κ1) is 19.1. The second kappa shape index (κ2) is 9.33. The molecule has 0 radical (unpaired) electrons. The molecular weight excluding hydrogens is 348 g/mol. The maximum absolute atomic E-state index is 12.4. The van der Waals surface area contributed by atoms with E-state index in [0.717, 1.165) is 16.8 Å². The number of carbonyl (C=O) groups excluding carboxylic acids is 2. The molecule has 0 heterocycles. The molecule has 2 amide bonds. The molecule has 0 bridgehead atoms. The molecule has 1 N–H and O–H groups in total. The highest BCUT2D eigenvalue weighted by atomic mass is 16.2. The Hall–Kier alpha value is -3.66. The van der Waals surface area contributed by atoms with E-state index in [-0.39, 0.29) is 11.8 Å². The van der Waals surface area contributed by atoms with Crippen molar-refractivity contribution in [3.63, 3.8) is 0 Å². The summed E-state index contributed by atoms with van der Waals surface area (Å²) in [4.78, 5) is 26.1. The summed E-state index contributed by atoms with van der Waals surface area (Å²) < 4.78 is 0. The SMILES string of the molecule is CN(C(=O)Cc1ccc(NC(=O)C=Cc2ccccc2)cc1)c1ccccc1. The monoisotopic (exact) mass is 370 g/mol. The van der Waals surface area contributed by atoms with E-state index in [0.29, 0.717) is 12.1 Å². The van der Waals surface area contributed by atoms with Crippen molar-refractivity contribution >= 4 is 29.3 Å².